The summed E-state index contributed by atoms with van der Waals surface area (Å²) >= 11 is 0. The number of hydrazone groups is 1. The van der Waals surface area contributed by atoms with Crippen molar-refractivity contribution >= 4 is 32.2 Å². The van der Waals surface area contributed by atoms with Crippen molar-refractivity contribution in [3.05, 3.63) is 58.6 Å². The van der Waals surface area contributed by atoms with E-state index in [-0.39, 0.29) is 28.6 Å². The van der Waals surface area contributed by atoms with Gasteiger partial charge in [-0.2, -0.15) is 5.10 Å². The number of nitro groups is 1. The number of methoxy groups -OCH3 is 1. The number of anilines is 1. The molecule has 0 aliphatic heterocycles. The molecule has 11 heteroatoms. The largest absolute Gasteiger partial charge is 0.495 e. The summed E-state index contributed by atoms with van der Waals surface area (Å²) in [5.74, 6) is -1.00. The Morgan fingerprint density at radius 1 is 1.21 bits per heavy atom. The average Bonchev–Trinajstić information content (AvgIpc) is 2.68. The van der Waals surface area contributed by atoms with Crippen LogP contribution in [-0.4, -0.2) is 38.1 Å². The van der Waals surface area contributed by atoms with E-state index in [1.165, 1.54) is 50.4 Å². The van der Waals surface area contributed by atoms with Crippen LogP contribution < -0.4 is 10.2 Å². The average molecular weight is 407 g/mol. The lowest BCUT2D eigenvalue weighted by Gasteiger charge is -2.10. The number of benzene rings is 2. The highest BCUT2D eigenvalue weighted by Gasteiger charge is 2.31. The molecule has 0 bridgehead atoms. The molecule has 0 unspecified atom stereocenters. The first-order valence-corrected chi connectivity index (χ1v) is 9.43. The summed E-state index contributed by atoms with van der Waals surface area (Å²) in [6.45, 7) is 1.45. The Balaban J connectivity index is 2.51. The number of nitrogens with zero attached hydrogens (tertiary/aromatic N) is 2. The second-order valence-corrected chi connectivity index (χ2v) is 7.07. The number of nitro benzene ring substituents is 1. The standard InChI is InChI=1S/C17H17N3O7S/c1-3-27-17(21)16(28(24,25)13-7-5-4-6-8-13)19-18-14-11-12(20(22)23)9-10-15(14)26-2/h4-11,18H,3H2,1-2H3/b19-16-. The summed E-state index contributed by atoms with van der Waals surface area (Å²) in [5.41, 5.74) is 2.08. The molecular formula is C17H17N3O7S. The van der Waals surface area contributed by atoms with Gasteiger partial charge in [0.1, 0.15) is 11.4 Å². The zero-order chi connectivity index (χ0) is 20.7. The lowest BCUT2D eigenvalue weighted by Crippen LogP contribution is -2.28. The topological polar surface area (TPSA) is 137 Å². The quantitative estimate of drug-likeness (QED) is 0.253. The molecule has 0 fully saturated rings. The molecule has 2 aromatic carbocycles. The van der Waals surface area contributed by atoms with E-state index in [2.05, 4.69) is 10.5 Å². The number of rotatable bonds is 6. The van der Waals surface area contributed by atoms with Crippen LogP contribution in [-0.2, 0) is 19.4 Å². The summed E-state index contributed by atoms with van der Waals surface area (Å²) in [5, 5.41) is 13.7. The minimum atomic E-state index is -4.30. The highest BCUT2D eigenvalue weighted by molar-refractivity contribution is 8.08. The number of non-ortho nitro benzene ring substituents is 1. The number of esters is 1. The van der Waals surface area contributed by atoms with Gasteiger partial charge in [-0.15, -0.1) is 0 Å². The van der Waals surface area contributed by atoms with Crippen LogP contribution in [0, 0.1) is 10.1 Å². The molecule has 1 N–H and O–H groups in total. The van der Waals surface area contributed by atoms with E-state index in [1.807, 2.05) is 0 Å². The van der Waals surface area contributed by atoms with Gasteiger partial charge in [0.2, 0.25) is 9.84 Å². The van der Waals surface area contributed by atoms with Gasteiger partial charge in [-0.3, -0.25) is 15.5 Å². The number of hydrogen-bond acceptors (Lipinski definition) is 9. The van der Waals surface area contributed by atoms with E-state index in [0.717, 1.165) is 6.07 Å². The van der Waals surface area contributed by atoms with Gasteiger partial charge in [-0.05, 0) is 25.1 Å². The van der Waals surface area contributed by atoms with Crippen LogP contribution in [0.4, 0.5) is 11.4 Å². The highest BCUT2D eigenvalue weighted by Crippen LogP contribution is 2.29. The van der Waals surface area contributed by atoms with E-state index < -0.39 is 25.8 Å². The first-order chi connectivity index (χ1) is 13.3. The number of carbonyl (C=O) groups is 1. The van der Waals surface area contributed by atoms with Crippen LogP contribution in [0.1, 0.15) is 6.92 Å². The van der Waals surface area contributed by atoms with Crippen molar-refractivity contribution in [3.8, 4) is 5.75 Å². The maximum Gasteiger partial charge on any atom is 0.371 e. The fourth-order valence-electron chi connectivity index (χ4n) is 2.13. The van der Waals surface area contributed by atoms with Gasteiger partial charge in [0.15, 0.2) is 0 Å². The van der Waals surface area contributed by atoms with Gasteiger partial charge in [0.05, 0.1) is 23.5 Å². The maximum atomic E-state index is 12.8. The summed E-state index contributed by atoms with van der Waals surface area (Å²) in [7, 11) is -2.98. The Labute approximate surface area is 160 Å². The summed E-state index contributed by atoms with van der Waals surface area (Å²) in [4.78, 5) is 22.4. The molecule has 0 saturated carbocycles. The van der Waals surface area contributed by atoms with E-state index in [1.54, 1.807) is 6.07 Å². The van der Waals surface area contributed by atoms with Gasteiger partial charge < -0.3 is 9.47 Å². The van der Waals surface area contributed by atoms with Crippen LogP contribution in [0.5, 0.6) is 5.75 Å². The molecule has 0 spiro atoms. The monoisotopic (exact) mass is 407 g/mol. The van der Waals surface area contributed by atoms with Crippen LogP contribution in [0.25, 0.3) is 0 Å². The van der Waals surface area contributed by atoms with Crippen LogP contribution in [0.3, 0.4) is 0 Å². The molecule has 2 rings (SSSR count). The van der Waals surface area contributed by atoms with Gasteiger partial charge in [-0.25, -0.2) is 13.2 Å². The lowest BCUT2D eigenvalue weighted by molar-refractivity contribution is -0.384. The summed E-state index contributed by atoms with van der Waals surface area (Å²) in [6.07, 6.45) is 0. The Kier molecular flexibility index (Phi) is 6.66. The van der Waals surface area contributed by atoms with E-state index >= 15 is 0 Å². The molecule has 28 heavy (non-hydrogen) atoms. The third kappa shape index (κ3) is 4.62. The number of sulfone groups is 1. The van der Waals surface area contributed by atoms with Crippen molar-refractivity contribution in [2.75, 3.05) is 19.1 Å². The second kappa shape index (κ2) is 8.95. The number of carbonyl (C=O) groups excluding carboxylic acids is 1. The van der Waals surface area contributed by atoms with Gasteiger partial charge in [0.25, 0.3) is 10.7 Å². The van der Waals surface area contributed by atoms with Crippen molar-refractivity contribution in [2.24, 2.45) is 5.10 Å². The van der Waals surface area contributed by atoms with Gasteiger partial charge in [0, 0.05) is 12.1 Å². The molecule has 0 atom stereocenters. The van der Waals surface area contributed by atoms with Crippen molar-refractivity contribution in [1.29, 1.82) is 0 Å². The normalized spacial score (nSPS) is 11.6. The fraction of sp³-hybridized carbons (Fsp3) is 0.176. The minimum Gasteiger partial charge on any atom is -0.495 e. The van der Waals surface area contributed by atoms with E-state index in [4.69, 9.17) is 9.47 Å². The van der Waals surface area contributed by atoms with Gasteiger partial charge >= 0.3 is 5.97 Å². The molecule has 0 heterocycles. The Morgan fingerprint density at radius 3 is 2.46 bits per heavy atom. The molecule has 0 saturated heterocycles. The first kappa shape index (κ1) is 20.8. The van der Waals surface area contributed by atoms with Crippen LogP contribution in [0.2, 0.25) is 0 Å². The first-order valence-electron chi connectivity index (χ1n) is 7.94. The maximum absolute atomic E-state index is 12.8. The van der Waals surface area contributed by atoms with Gasteiger partial charge in [-0.1, -0.05) is 18.2 Å². The third-order valence-corrected chi connectivity index (χ3v) is 5.09. The smallest absolute Gasteiger partial charge is 0.371 e. The third-order valence-electron chi connectivity index (χ3n) is 3.43. The molecule has 2 aromatic rings. The predicted octanol–water partition coefficient (Wildman–Crippen LogP) is 2.37. The Bertz CT molecular complexity index is 1000. The molecule has 0 aliphatic carbocycles. The summed E-state index contributed by atoms with van der Waals surface area (Å²) < 4.78 is 35.4. The van der Waals surface area contributed by atoms with E-state index in [0.29, 0.717) is 0 Å². The molecule has 0 radical (unpaired) electrons. The van der Waals surface area contributed by atoms with Crippen molar-refractivity contribution in [3.63, 3.8) is 0 Å². The zero-order valence-corrected chi connectivity index (χ0v) is 15.8. The summed E-state index contributed by atoms with van der Waals surface area (Å²) in [6, 6.07) is 10.8. The molecule has 0 amide bonds. The molecule has 148 valence electrons. The second-order valence-electron chi connectivity index (χ2n) is 5.21. The molecule has 10 nitrogen and oxygen atoms in total. The zero-order valence-electron chi connectivity index (χ0n) is 15.0. The highest BCUT2D eigenvalue weighted by atomic mass is 32.2. The van der Waals surface area contributed by atoms with Crippen LogP contribution in [0.15, 0.2) is 58.5 Å². The predicted molar refractivity (Wildman–Crippen MR) is 101 cm³/mol. The van der Waals surface area contributed by atoms with Crippen LogP contribution >= 0.6 is 0 Å². The number of ether oxygens (including phenoxy) is 2. The Morgan fingerprint density at radius 2 is 1.89 bits per heavy atom. The minimum absolute atomic E-state index is 0.00163. The van der Waals surface area contributed by atoms with Crippen molar-refractivity contribution in [1.82, 2.24) is 0 Å². The van der Waals surface area contributed by atoms with E-state index in [9.17, 15) is 23.3 Å². The SMILES string of the molecule is CCOC(=O)/C(=N/Nc1cc([N+](=O)[O-])ccc1OC)S(=O)(=O)c1ccccc1. The lowest BCUT2D eigenvalue weighted by atomic mass is 10.2. The fourth-order valence-corrected chi connectivity index (χ4v) is 3.31. The number of hydrogen-bond donors (Lipinski definition) is 1. The molecule has 0 aliphatic rings. The van der Waals surface area contributed by atoms with Crippen molar-refractivity contribution < 1.29 is 27.6 Å². The molecular weight excluding hydrogens is 390 g/mol. The van der Waals surface area contributed by atoms with Crippen molar-refractivity contribution in [2.45, 2.75) is 11.8 Å². The Hall–Kier alpha value is -3.47. The molecule has 0 aromatic heterocycles. The number of nitrogens with one attached hydrogen (secondary N) is 1.